The maximum Gasteiger partial charge on any atom is 0.226 e. The zero-order valence-corrected chi connectivity index (χ0v) is 17.4. The second-order valence-electron chi connectivity index (χ2n) is 5.83. The Balaban J connectivity index is 1.66. The van der Waals surface area contributed by atoms with Gasteiger partial charge in [0, 0.05) is 26.4 Å². The van der Waals surface area contributed by atoms with E-state index in [0.717, 1.165) is 27.7 Å². The zero-order chi connectivity index (χ0) is 18.5. The third-order valence-electron chi connectivity index (χ3n) is 3.94. The molecule has 0 radical (unpaired) electrons. The summed E-state index contributed by atoms with van der Waals surface area (Å²) >= 11 is 10.9. The van der Waals surface area contributed by atoms with Gasteiger partial charge in [-0.1, -0.05) is 58.7 Å². The van der Waals surface area contributed by atoms with E-state index in [-0.39, 0.29) is 5.91 Å². The molecule has 6 heteroatoms. The lowest BCUT2D eigenvalue weighted by Crippen LogP contribution is -2.12. The number of thiazole rings is 1. The van der Waals surface area contributed by atoms with E-state index < -0.39 is 0 Å². The lowest BCUT2D eigenvalue weighted by molar-refractivity contribution is -0.116. The molecule has 0 aliphatic rings. The fourth-order valence-corrected chi connectivity index (χ4v) is 3.90. The number of benzene rings is 2. The summed E-state index contributed by atoms with van der Waals surface area (Å²) in [6.45, 7) is 2.10. The van der Waals surface area contributed by atoms with E-state index in [4.69, 9.17) is 11.6 Å². The number of carbonyl (C=O) groups excluding carboxylic acids is 1. The molecule has 0 aliphatic heterocycles. The van der Waals surface area contributed by atoms with Crippen LogP contribution in [0.2, 0.25) is 5.02 Å². The minimum Gasteiger partial charge on any atom is -0.302 e. The van der Waals surface area contributed by atoms with Crippen LogP contribution in [0.5, 0.6) is 0 Å². The molecule has 3 nitrogen and oxygen atoms in total. The predicted molar refractivity (Wildman–Crippen MR) is 113 cm³/mol. The Morgan fingerprint density at radius 1 is 1.15 bits per heavy atom. The quantitative estimate of drug-likeness (QED) is 0.476. The third kappa shape index (κ3) is 4.93. The van der Waals surface area contributed by atoms with Crippen LogP contribution >= 0.6 is 38.9 Å². The van der Waals surface area contributed by atoms with Crippen molar-refractivity contribution in [3.8, 4) is 11.3 Å². The van der Waals surface area contributed by atoms with Gasteiger partial charge in [-0.25, -0.2) is 4.98 Å². The normalized spacial score (nSPS) is 10.7. The van der Waals surface area contributed by atoms with Crippen LogP contribution in [0.15, 0.2) is 53.0 Å². The fraction of sp³-hybridized carbons (Fsp3) is 0.200. The van der Waals surface area contributed by atoms with Crippen molar-refractivity contribution in [1.82, 2.24) is 4.98 Å². The Morgan fingerprint density at radius 2 is 1.85 bits per heavy atom. The number of rotatable bonds is 6. The highest BCUT2D eigenvalue weighted by atomic mass is 79.9. The first-order chi connectivity index (χ1) is 12.5. The number of nitrogens with one attached hydrogen (secondary N) is 1. The Labute approximate surface area is 170 Å². The van der Waals surface area contributed by atoms with Crippen LogP contribution in [-0.4, -0.2) is 10.9 Å². The Hall–Kier alpha value is -1.69. The predicted octanol–water partition coefficient (Wildman–Crippen LogP) is 6.36. The van der Waals surface area contributed by atoms with Gasteiger partial charge >= 0.3 is 0 Å². The van der Waals surface area contributed by atoms with Gasteiger partial charge in [0.15, 0.2) is 5.13 Å². The second kappa shape index (κ2) is 8.80. The van der Waals surface area contributed by atoms with Crippen LogP contribution in [0, 0.1) is 0 Å². The van der Waals surface area contributed by atoms with Crippen molar-refractivity contribution >= 4 is 49.9 Å². The molecule has 2 aromatic carbocycles. The molecule has 0 atom stereocenters. The standard InChI is InChI=1S/C20H18BrClN2OS/c1-2-17-19(14-6-8-15(21)9-7-14)24-20(26-17)23-18(25)12-5-13-3-10-16(22)11-4-13/h3-4,6-11H,2,5,12H2,1H3,(H,23,24,25). The Bertz CT molecular complexity index is 891. The highest BCUT2D eigenvalue weighted by Gasteiger charge is 2.14. The number of halogens is 2. The molecular formula is C20H18BrClN2OS. The first-order valence-electron chi connectivity index (χ1n) is 8.35. The molecule has 0 spiro atoms. The van der Waals surface area contributed by atoms with Crippen molar-refractivity contribution in [3.05, 3.63) is 68.5 Å². The van der Waals surface area contributed by atoms with Crippen molar-refractivity contribution in [2.24, 2.45) is 0 Å². The van der Waals surface area contributed by atoms with Crippen molar-refractivity contribution in [1.29, 1.82) is 0 Å². The summed E-state index contributed by atoms with van der Waals surface area (Å²) in [5.74, 6) is -0.0290. The van der Waals surface area contributed by atoms with Crippen molar-refractivity contribution in [2.45, 2.75) is 26.2 Å². The van der Waals surface area contributed by atoms with Gasteiger partial charge in [-0.2, -0.15) is 0 Å². The number of hydrogen-bond donors (Lipinski definition) is 1. The van der Waals surface area contributed by atoms with Gasteiger partial charge in [-0.05, 0) is 42.7 Å². The van der Waals surface area contributed by atoms with E-state index in [9.17, 15) is 4.79 Å². The van der Waals surface area contributed by atoms with E-state index in [2.05, 4.69) is 33.2 Å². The highest BCUT2D eigenvalue weighted by molar-refractivity contribution is 9.10. The minimum atomic E-state index is -0.0290. The molecular weight excluding hydrogens is 432 g/mol. The monoisotopic (exact) mass is 448 g/mol. The van der Waals surface area contributed by atoms with E-state index in [1.165, 1.54) is 16.2 Å². The summed E-state index contributed by atoms with van der Waals surface area (Å²) in [5.41, 5.74) is 3.09. The summed E-state index contributed by atoms with van der Waals surface area (Å²) in [7, 11) is 0. The number of nitrogens with zero attached hydrogens (tertiary/aromatic N) is 1. The highest BCUT2D eigenvalue weighted by Crippen LogP contribution is 2.32. The number of carbonyl (C=O) groups is 1. The van der Waals surface area contributed by atoms with Gasteiger partial charge in [-0.15, -0.1) is 11.3 Å². The topological polar surface area (TPSA) is 42.0 Å². The summed E-state index contributed by atoms with van der Waals surface area (Å²) < 4.78 is 1.03. The molecule has 1 N–H and O–H groups in total. The fourth-order valence-electron chi connectivity index (χ4n) is 2.57. The summed E-state index contributed by atoms with van der Waals surface area (Å²) in [4.78, 5) is 18.1. The van der Waals surface area contributed by atoms with Crippen LogP contribution in [0.4, 0.5) is 5.13 Å². The average molecular weight is 450 g/mol. The first kappa shape index (κ1) is 19.1. The number of aryl methyl sites for hydroxylation is 2. The van der Waals surface area contributed by atoms with Gasteiger partial charge in [0.2, 0.25) is 5.91 Å². The molecule has 3 aromatic rings. The summed E-state index contributed by atoms with van der Waals surface area (Å²) in [6, 6.07) is 15.6. The van der Waals surface area contributed by atoms with Crippen LogP contribution < -0.4 is 5.32 Å². The Morgan fingerprint density at radius 3 is 2.50 bits per heavy atom. The van der Waals surface area contributed by atoms with E-state index >= 15 is 0 Å². The average Bonchev–Trinajstić information content (AvgIpc) is 3.04. The lowest BCUT2D eigenvalue weighted by atomic mass is 10.1. The molecule has 1 amide bonds. The van der Waals surface area contributed by atoms with Gasteiger partial charge in [-0.3, -0.25) is 4.79 Å². The molecule has 0 saturated carbocycles. The molecule has 0 fully saturated rings. The molecule has 26 heavy (non-hydrogen) atoms. The molecule has 3 rings (SSSR count). The SMILES string of the molecule is CCc1sc(NC(=O)CCc2ccc(Cl)cc2)nc1-c1ccc(Br)cc1. The van der Waals surface area contributed by atoms with Gasteiger partial charge in [0.1, 0.15) is 0 Å². The van der Waals surface area contributed by atoms with Crippen LogP contribution in [-0.2, 0) is 17.6 Å². The maximum atomic E-state index is 12.3. The largest absolute Gasteiger partial charge is 0.302 e. The summed E-state index contributed by atoms with van der Waals surface area (Å²) in [5, 5.41) is 4.29. The van der Waals surface area contributed by atoms with Crippen LogP contribution in [0.3, 0.4) is 0 Å². The number of aromatic nitrogens is 1. The minimum absolute atomic E-state index is 0.0290. The molecule has 0 unspecified atom stereocenters. The summed E-state index contributed by atoms with van der Waals surface area (Å²) in [6.07, 6.45) is 1.97. The van der Waals surface area contributed by atoms with Crippen molar-refractivity contribution < 1.29 is 4.79 Å². The van der Waals surface area contributed by atoms with Crippen LogP contribution in [0.1, 0.15) is 23.8 Å². The molecule has 0 aliphatic carbocycles. The van der Waals surface area contributed by atoms with Crippen molar-refractivity contribution in [2.75, 3.05) is 5.32 Å². The van der Waals surface area contributed by atoms with Crippen molar-refractivity contribution in [3.63, 3.8) is 0 Å². The molecule has 134 valence electrons. The lowest BCUT2D eigenvalue weighted by Gasteiger charge is -2.02. The number of amides is 1. The van der Waals surface area contributed by atoms with E-state index in [1.807, 2.05) is 48.5 Å². The smallest absolute Gasteiger partial charge is 0.226 e. The third-order valence-corrected chi connectivity index (χ3v) is 5.83. The van der Waals surface area contributed by atoms with Crippen LogP contribution in [0.25, 0.3) is 11.3 Å². The van der Waals surface area contributed by atoms with Gasteiger partial charge in [0.25, 0.3) is 0 Å². The molecule has 1 heterocycles. The Kier molecular flexibility index (Phi) is 6.46. The first-order valence-corrected chi connectivity index (χ1v) is 10.3. The van der Waals surface area contributed by atoms with E-state index in [0.29, 0.717) is 23.0 Å². The maximum absolute atomic E-state index is 12.3. The zero-order valence-electron chi connectivity index (χ0n) is 14.3. The number of hydrogen-bond acceptors (Lipinski definition) is 3. The molecule has 0 saturated heterocycles. The van der Waals surface area contributed by atoms with Gasteiger partial charge in [0.05, 0.1) is 5.69 Å². The number of anilines is 1. The van der Waals surface area contributed by atoms with E-state index in [1.54, 1.807) is 0 Å². The molecule has 1 aromatic heterocycles. The second-order valence-corrected chi connectivity index (χ2v) is 8.26. The molecule has 0 bridgehead atoms. The van der Waals surface area contributed by atoms with Gasteiger partial charge < -0.3 is 5.32 Å².